The van der Waals surface area contributed by atoms with Crippen LogP contribution in [0, 0.1) is 69.0 Å². The highest BCUT2D eigenvalue weighted by Gasteiger charge is 2.71. The number of carbonyl (C=O) groups excluding carboxylic acids is 12. The number of nitrogens with one attached hydrogen (secondary N) is 6. The summed E-state index contributed by atoms with van der Waals surface area (Å²) in [7, 11) is 0. The number of primary amides is 2. The highest BCUT2D eigenvalue weighted by Crippen LogP contribution is 2.66. The van der Waals surface area contributed by atoms with Crippen molar-refractivity contribution < 1.29 is 57.5 Å². The zero-order valence-corrected chi connectivity index (χ0v) is 54.1. The molecular weight excluding hydrogens is 1150 g/mol. The van der Waals surface area contributed by atoms with E-state index < -0.39 is 118 Å². The first kappa shape index (κ1) is 68.3. The summed E-state index contributed by atoms with van der Waals surface area (Å²) in [5.41, 5.74) is 9.05. The van der Waals surface area contributed by atoms with Gasteiger partial charge >= 0.3 is 12.1 Å². The van der Waals surface area contributed by atoms with Crippen molar-refractivity contribution in [2.24, 2.45) is 80.5 Å². The molecule has 8 rings (SSSR count). The number of piperidine rings is 2. The van der Waals surface area contributed by atoms with E-state index in [4.69, 9.17) is 11.5 Å². The fourth-order valence-corrected chi connectivity index (χ4v) is 13.8. The molecule has 2 unspecified atom stereocenters. The van der Waals surface area contributed by atoms with Crippen LogP contribution in [-0.4, -0.2) is 152 Å². The van der Waals surface area contributed by atoms with Gasteiger partial charge in [0.2, 0.25) is 41.0 Å². The van der Waals surface area contributed by atoms with Gasteiger partial charge in [-0.25, -0.2) is 14.6 Å². The number of thiazole rings is 1. The number of ketones is 4. The summed E-state index contributed by atoms with van der Waals surface area (Å²) in [6.45, 7) is 26.9. The minimum absolute atomic E-state index is 0.0628. The standard InChI is InChI=1S/C32H46N6O6.C31H46N6O6S/c1-16(2)22(24(39)18-9-8-12-34-14-18)36-30(44)37-26(31(3,4)5)29(43)38-15-19-21(32(19,6)7)23(38)28(42)35-20(13-17-10-11-17)25(40)27(33)41;1-15(2)20(23(39)27-33-11-12-44-27)35-29(43)36-24(30(3,4)5)28(42)37-14-17-19(31(17,6)7)21(37)26(41)34-18(22(38)25(32)40)13-16-9-8-10-16/h8-9,12,14,16-17,19-23,26H,10-11,13,15H2,1-7H3,(H2,33,41)(H,35,42)(H2,36,37,44);11-12,15-21,24H,8-10,13-14H2,1-7H3,(H2,32,40)(H,34,41)(H2,35,36,43)/t19-,20?,21-,22-,23-,26+;17-,18?,19-,20-,21-,24+/m00/s1. The molecule has 0 spiro atoms. The molecule has 4 heterocycles. The summed E-state index contributed by atoms with van der Waals surface area (Å²) in [6.07, 6.45) is 9.87. The Labute approximate surface area is 519 Å². The number of aromatic nitrogens is 2. The number of amides is 10. The molecule has 88 heavy (non-hydrogen) atoms. The van der Waals surface area contributed by atoms with Crippen LogP contribution in [0.5, 0.6) is 0 Å². The SMILES string of the molecule is CC(C)[C@H](NC(=O)N[C@H](C(=O)N1C[C@H]2[C@@H]([C@H]1C(=O)NC(CC1CC1)C(=O)C(N)=O)C2(C)C)C(C)(C)C)C(=O)c1cccnc1.CC(C)[C@H](NC(=O)N[C@H](C(=O)N1C[C@H]2[C@@H]([C@H]1C(=O)NC(CC1CCC1)C(=O)C(N)=O)C2(C)C)C(C)(C)C)C(=O)c1nccs1. The number of carbonyl (C=O) groups is 12. The molecule has 0 bridgehead atoms. The molecule has 4 saturated carbocycles. The van der Waals surface area contributed by atoms with Crippen molar-refractivity contribution in [2.45, 2.75) is 190 Å². The first-order valence-electron chi connectivity index (χ1n) is 30.8. The molecule has 10 amide bonds. The topological polar surface area (TPSA) is 361 Å². The van der Waals surface area contributed by atoms with E-state index in [1.54, 1.807) is 23.7 Å². The molecule has 12 atom stereocenters. The molecule has 2 aromatic heterocycles. The number of pyridine rings is 1. The van der Waals surface area contributed by atoms with Crippen molar-refractivity contribution in [3.05, 3.63) is 46.7 Å². The second-order valence-electron chi connectivity index (χ2n) is 29.2. The fourth-order valence-electron chi connectivity index (χ4n) is 13.2. The van der Waals surface area contributed by atoms with Crippen LogP contribution in [0.25, 0.3) is 0 Å². The average molecular weight is 1240 g/mol. The second kappa shape index (κ2) is 26.5. The molecule has 10 N–H and O–H groups in total. The summed E-state index contributed by atoms with van der Waals surface area (Å²) < 4.78 is 0. The number of Topliss-reactive ketones (excluding diaryl/α,β-unsaturated/α-hetero) is 4. The van der Waals surface area contributed by atoms with Crippen LogP contribution < -0.4 is 43.4 Å². The summed E-state index contributed by atoms with van der Waals surface area (Å²) in [5, 5.41) is 18.5. The van der Waals surface area contributed by atoms with E-state index in [1.807, 2.05) is 96.9 Å². The lowest BCUT2D eigenvalue weighted by molar-refractivity contribution is -0.145. The van der Waals surface area contributed by atoms with Gasteiger partial charge in [-0.3, -0.25) is 52.9 Å². The smallest absolute Gasteiger partial charge is 0.316 e. The molecule has 0 radical (unpaired) electrons. The van der Waals surface area contributed by atoms with Crippen molar-refractivity contribution >= 4 is 82.0 Å². The molecule has 4 aliphatic carbocycles. The second-order valence-corrected chi connectivity index (χ2v) is 30.0. The lowest BCUT2D eigenvalue weighted by atomic mass is 9.80. The molecule has 24 nitrogen and oxygen atoms in total. The third kappa shape index (κ3) is 15.3. The number of rotatable bonds is 24. The minimum Gasteiger partial charge on any atom is -0.363 e. The lowest BCUT2D eigenvalue weighted by Crippen LogP contribution is -2.62. The first-order valence-corrected chi connectivity index (χ1v) is 31.7. The molecular formula is C63H92N12O12S. The van der Waals surface area contributed by atoms with E-state index in [0.29, 0.717) is 31.5 Å². The van der Waals surface area contributed by atoms with Crippen LogP contribution in [0.3, 0.4) is 0 Å². The van der Waals surface area contributed by atoms with Crippen LogP contribution in [0.15, 0.2) is 36.1 Å². The number of hydrogen-bond acceptors (Lipinski definition) is 15. The number of nitrogens with zero attached hydrogens (tertiary/aromatic N) is 4. The van der Waals surface area contributed by atoms with Gasteiger partial charge in [0, 0.05) is 42.6 Å². The Balaban J connectivity index is 0.000000251. The van der Waals surface area contributed by atoms with Crippen LogP contribution in [0.2, 0.25) is 0 Å². The van der Waals surface area contributed by atoms with E-state index >= 15 is 0 Å². The maximum Gasteiger partial charge on any atom is 0.316 e. The third-order valence-electron chi connectivity index (χ3n) is 19.2. The van der Waals surface area contributed by atoms with Gasteiger partial charge in [-0.1, -0.05) is 129 Å². The Morgan fingerprint density at radius 3 is 1.35 bits per heavy atom. The van der Waals surface area contributed by atoms with Crippen molar-refractivity contribution in [1.29, 1.82) is 0 Å². The van der Waals surface area contributed by atoms with Crippen molar-refractivity contribution in [1.82, 2.24) is 51.7 Å². The minimum atomic E-state index is -1.11. The molecule has 0 aromatic carbocycles. The van der Waals surface area contributed by atoms with Gasteiger partial charge in [-0.2, -0.15) is 0 Å². The number of hydrogen-bond donors (Lipinski definition) is 8. The van der Waals surface area contributed by atoms with Gasteiger partial charge in [0.25, 0.3) is 11.8 Å². The number of nitrogens with two attached hydrogens (primary N) is 2. The normalized spacial score (nSPS) is 24.2. The van der Waals surface area contributed by atoms with Gasteiger partial charge in [0.15, 0.2) is 10.8 Å². The zero-order valence-electron chi connectivity index (χ0n) is 53.3. The monoisotopic (exact) mass is 1240 g/mol. The van der Waals surface area contributed by atoms with Crippen LogP contribution in [0.1, 0.15) is 162 Å². The Morgan fingerprint density at radius 1 is 0.602 bits per heavy atom. The summed E-state index contributed by atoms with van der Waals surface area (Å²) in [4.78, 5) is 169. The van der Waals surface area contributed by atoms with Gasteiger partial charge in [0.1, 0.15) is 24.2 Å². The largest absolute Gasteiger partial charge is 0.363 e. The molecule has 2 aromatic rings. The van der Waals surface area contributed by atoms with E-state index in [2.05, 4.69) is 41.9 Å². The van der Waals surface area contributed by atoms with Gasteiger partial charge in [-0.05, 0) is 94.0 Å². The number of likely N-dealkylation sites (tertiary alicyclic amines) is 2. The Bertz CT molecular complexity index is 3020. The number of fused-ring (bicyclic) bond motifs is 2. The van der Waals surface area contributed by atoms with Gasteiger partial charge < -0.3 is 53.2 Å². The molecule has 2 saturated heterocycles. The molecule has 25 heteroatoms. The fraction of sp³-hybridized carbons (Fsp3) is 0.683. The molecule has 6 fully saturated rings. The Kier molecular flexibility index (Phi) is 20.6. The van der Waals surface area contributed by atoms with E-state index in [1.165, 1.54) is 33.5 Å². The highest BCUT2D eigenvalue weighted by atomic mass is 32.1. The van der Waals surface area contributed by atoms with Crippen LogP contribution >= 0.6 is 11.3 Å². The zero-order chi connectivity index (χ0) is 65.4. The van der Waals surface area contributed by atoms with E-state index in [9.17, 15) is 57.5 Å². The Morgan fingerprint density at radius 2 is 1.02 bits per heavy atom. The van der Waals surface area contributed by atoms with Crippen LogP contribution in [0.4, 0.5) is 9.59 Å². The van der Waals surface area contributed by atoms with E-state index in [0.717, 1.165) is 32.1 Å². The van der Waals surface area contributed by atoms with Crippen molar-refractivity contribution in [3.63, 3.8) is 0 Å². The van der Waals surface area contributed by atoms with Crippen molar-refractivity contribution in [3.8, 4) is 0 Å². The summed E-state index contributed by atoms with van der Waals surface area (Å²) >= 11 is 1.19. The summed E-state index contributed by atoms with van der Waals surface area (Å²) in [6, 6.07) is -5.72. The third-order valence-corrected chi connectivity index (χ3v) is 20.0. The molecule has 482 valence electrons. The Hall–Kier alpha value is -7.18. The van der Waals surface area contributed by atoms with Crippen LogP contribution in [-0.2, 0) is 38.4 Å². The number of urea groups is 2. The summed E-state index contributed by atoms with van der Waals surface area (Å²) in [5.74, 6) is -6.57. The first-order chi connectivity index (χ1) is 40.9. The molecule has 2 aliphatic heterocycles. The highest BCUT2D eigenvalue weighted by molar-refractivity contribution is 7.11. The maximum absolute atomic E-state index is 14.2. The van der Waals surface area contributed by atoms with Gasteiger partial charge in [-0.15, -0.1) is 11.3 Å². The quantitative estimate of drug-likeness (QED) is 0.0542. The predicted molar refractivity (Wildman–Crippen MR) is 326 cm³/mol. The van der Waals surface area contributed by atoms with E-state index in [-0.39, 0.29) is 74.7 Å². The maximum atomic E-state index is 14.2. The molecule has 6 aliphatic rings. The van der Waals surface area contributed by atoms with Gasteiger partial charge in [0.05, 0.1) is 24.2 Å². The predicted octanol–water partition coefficient (Wildman–Crippen LogP) is 4.10. The lowest BCUT2D eigenvalue weighted by Gasteiger charge is -2.38. The van der Waals surface area contributed by atoms with Crippen molar-refractivity contribution in [2.75, 3.05) is 13.1 Å². The average Bonchev–Trinajstić information content (AvgIpc) is 1.54.